The number of thiazole rings is 1. The van der Waals surface area contributed by atoms with E-state index in [4.69, 9.17) is 9.47 Å². The summed E-state index contributed by atoms with van der Waals surface area (Å²) >= 11 is 1.68. The maximum atomic E-state index is 6.26. The van der Waals surface area contributed by atoms with Gasteiger partial charge in [-0.15, -0.1) is 11.3 Å². The van der Waals surface area contributed by atoms with E-state index in [1.165, 1.54) is 12.0 Å². The van der Waals surface area contributed by atoms with Gasteiger partial charge in [0, 0.05) is 37.3 Å². The summed E-state index contributed by atoms with van der Waals surface area (Å²) < 4.78 is 12.3. The van der Waals surface area contributed by atoms with Crippen molar-refractivity contribution in [2.45, 2.75) is 51.0 Å². The van der Waals surface area contributed by atoms with E-state index in [-0.39, 0.29) is 11.7 Å². The van der Waals surface area contributed by atoms with Crippen molar-refractivity contribution in [3.8, 4) is 0 Å². The number of pyridine rings is 1. The smallest absolute Gasteiger partial charge is 0.0901 e. The minimum Gasteiger partial charge on any atom is -0.371 e. The summed E-state index contributed by atoms with van der Waals surface area (Å²) in [4.78, 5) is 11.2. The molecule has 0 unspecified atom stereocenters. The molecule has 4 rings (SSSR count). The van der Waals surface area contributed by atoms with Gasteiger partial charge in [-0.05, 0) is 37.9 Å². The second kappa shape index (κ2) is 7.50. The van der Waals surface area contributed by atoms with Crippen LogP contribution in [0.5, 0.6) is 0 Å². The van der Waals surface area contributed by atoms with Crippen molar-refractivity contribution >= 4 is 11.3 Å². The molecule has 2 aromatic rings. The first-order chi connectivity index (χ1) is 12.2. The van der Waals surface area contributed by atoms with Crippen molar-refractivity contribution in [2.75, 3.05) is 19.7 Å². The number of hydrogen-bond acceptors (Lipinski definition) is 6. The summed E-state index contributed by atoms with van der Waals surface area (Å²) in [5, 5.41) is 3.17. The van der Waals surface area contributed by atoms with Crippen molar-refractivity contribution in [3.05, 3.63) is 46.2 Å². The van der Waals surface area contributed by atoms with Gasteiger partial charge < -0.3 is 9.47 Å². The molecule has 2 atom stereocenters. The van der Waals surface area contributed by atoms with E-state index in [1.807, 2.05) is 25.4 Å². The topological polar surface area (TPSA) is 47.5 Å². The van der Waals surface area contributed by atoms with Crippen LogP contribution >= 0.6 is 11.3 Å². The molecule has 2 fully saturated rings. The quantitative estimate of drug-likeness (QED) is 0.820. The molecule has 0 radical (unpaired) electrons. The van der Waals surface area contributed by atoms with Gasteiger partial charge in [0.15, 0.2) is 0 Å². The average Bonchev–Trinajstić information content (AvgIpc) is 3.20. The number of nitrogens with zero attached hydrogens (tertiary/aromatic N) is 3. The largest absolute Gasteiger partial charge is 0.371 e. The summed E-state index contributed by atoms with van der Waals surface area (Å²) in [6.07, 6.45) is 7.26. The first-order valence-electron chi connectivity index (χ1n) is 8.99. The van der Waals surface area contributed by atoms with Crippen molar-refractivity contribution in [1.29, 1.82) is 0 Å². The summed E-state index contributed by atoms with van der Waals surface area (Å²) in [5.41, 5.74) is 2.26. The Morgan fingerprint density at radius 3 is 3.24 bits per heavy atom. The lowest BCUT2D eigenvalue weighted by Crippen LogP contribution is -2.47. The van der Waals surface area contributed by atoms with Gasteiger partial charge in [0.25, 0.3) is 0 Å². The number of aryl methyl sites for hydroxylation is 1. The fourth-order valence-corrected chi connectivity index (χ4v) is 4.54. The lowest BCUT2D eigenvalue weighted by molar-refractivity contribution is -0.0548. The van der Waals surface area contributed by atoms with E-state index >= 15 is 0 Å². The number of hydrogen-bond donors (Lipinski definition) is 0. The van der Waals surface area contributed by atoms with Crippen LogP contribution in [0.2, 0.25) is 0 Å². The summed E-state index contributed by atoms with van der Waals surface area (Å²) in [7, 11) is 0. The molecule has 2 aliphatic heterocycles. The molecule has 25 heavy (non-hydrogen) atoms. The van der Waals surface area contributed by atoms with E-state index < -0.39 is 0 Å². The Morgan fingerprint density at radius 1 is 1.48 bits per heavy atom. The standard InChI is InChI=1S/C19H25N3O2S/c1-15-21-17(13-25-15)11-23-18-8-19(24-12-18)5-3-7-22(14-19)10-16-4-2-6-20-9-16/h2,4,6,9,13,18H,3,5,7-8,10-12,14H2,1H3/t18-,19+/m1/s1. The van der Waals surface area contributed by atoms with Crippen molar-refractivity contribution in [1.82, 2.24) is 14.9 Å². The predicted octanol–water partition coefficient (Wildman–Crippen LogP) is 3.19. The zero-order valence-corrected chi connectivity index (χ0v) is 15.5. The third-order valence-electron chi connectivity index (χ3n) is 5.06. The highest BCUT2D eigenvalue weighted by atomic mass is 32.1. The lowest BCUT2D eigenvalue weighted by Gasteiger charge is -2.39. The first kappa shape index (κ1) is 17.1. The molecule has 2 saturated heterocycles. The normalized spacial score (nSPS) is 27.2. The molecule has 4 heterocycles. The minimum atomic E-state index is -0.0386. The highest BCUT2D eigenvalue weighted by Crippen LogP contribution is 2.36. The van der Waals surface area contributed by atoms with Crippen molar-refractivity contribution < 1.29 is 9.47 Å². The second-order valence-electron chi connectivity index (χ2n) is 7.16. The van der Waals surface area contributed by atoms with E-state index in [9.17, 15) is 0 Å². The van der Waals surface area contributed by atoms with Crippen LogP contribution in [0, 0.1) is 6.92 Å². The zero-order chi connectivity index (χ0) is 17.1. The Morgan fingerprint density at radius 2 is 2.44 bits per heavy atom. The highest BCUT2D eigenvalue weighted by molar-refractivity contribution is 7.09. The molecule has 6 heteroatoms. The van der Waals surface area contributed by atoms with Gasteiger partial charge in [-0.2, -0.15) is 0 Å². The second-order valence-corrected chi connectivity index (χ2v) is 8.23. The molecule has 1 spiro atoms. The zero-order valence-electron chi connectivity index (χ0n) is 14.7. The molecule has 0 bridgehead atoms. The number of aromatic nitrogens is 2. The fourth-order valence-electron chi connectivity index (χ4n) is 3.95. The van der Waals surface area contributed by atoms with Crippen LogP contribution in [-0.4, -0.2) is 46.3 Å². The maximum absolute atomic E-state index is 6.26. The van der Waals surface area contributed by atoms with Crippen LogP contribution in [0.4, 0.5) is 0 Å². The molecule has 0 saturated carbocycles. The average molecular weight is 359 g/mol. The molecule has 5 nitrogen and oxygen atoms in total. The molecule has 134 valence electrons. The Hall–Kier alpha value is -1.34. The molecule has 2 aromatic heterocycles. The monoisotopic (exact) mass is 359 g/mol. The minimum absolute atomic E-state index is 0.0386. The van der Waals surface area contributed by atoms with E-state index in [1.54, 1.807) is 11.3 Å². The Labute approximate surface area is 153 Å². The molecule has 0 N–H and O–H groups in total. The van der Waals surface area contributed by atoms with Gasteiger partial charge in [-0.3, -0.25) is 9.88 Å². The van der Waals surface area contributed by atoms with Crippen molar-refractivity contribution in [2.24, 2.45) is 0 Å². The maximum Gasteiger partial charge on any atom is 0.0901 e. The summed E-state index contributed by atoms with van der Waals surface area (Å²) in [6, 6.07) is 4.15. The third-order valence-corrected chi connectivity index (χ3v) is 5.88. The molecule has 2 aliphatic rings. The molecule has 0 amide bonds. The van der Waals surface area contributed by atoms with Gasteiger partial charge in [0.1, 0.15) is 0 Å². The van der Waals surface area contributed by atoms with E-state index in [2.05, 4.69) is 26.3 Å². The van der Waals surface area contributed by atoms with Gasteiger partial charge in [0.05, 0.1) is 35.6 Å². The van der Waals surface area contributed by atoms with Crippen LogP contribution in [0.25, 0.3) is 0 Å². The Balaban J connectivity index is 1.31. The van der Waals surface area contributed by atoms with Crippen LogP contribution < -0.4 is 0 Å². The fraction of sp³-hybridized carbons (Fsp3) is 0.579. The molecular weight excluding hydrogens is 334 g/mol. The van der Waals surface area contributed by atoms with Crippen LogP contribution in [0.15, 0.2) is 29.9 Å². The summed E-state index contributed by atoms with van der Waals surface area (Å²) in [5.74, 6) is 0. The van der Waals surface area contributed by atoms with E-state index in [0.717, 1.165) is 43.2 Å². The van der Waals surface area contributed by atoms with Gasteiger partial charge in [-0.25, -0.2) is 4.98 Å². The van der Waals surface area contributed by atoms with Crippen LogP contribution in [0.3, 0.4) is 0 Å². The van der Waals surface area contributed by atoms with Crippen LogP contribution in [0.1, 0.15) is 35.5 Å². The Bertz CT molecular complexity index is 693. The number of ether oxygens (including phenoxy) is 2. The van der Waals surface area contributed by atoms with Gasteiger partial charge in [0.2, 0.25) is 0 Å². The summed E-state index contributed by atoms with van der Waals surface area (Å²) in [6.45, 7) is 6.38. The van der Waals surface area contributed by atoms with Crippen LogP contribution in [-0.2, 0) is 22.6 Å². The van der Waals surface area contributed by atoms with E-state index in [0.29, 0.717) is 13.2 Å². The third kappa shape index (κ3) is 4.26. The lowest BCUT2D eigenvalue weighted by atomic mass is 9.89. The predicted molar refractivity (Wildman–Crippen MR) is 97.5 cm³/mol. The molecular formula is C19H25N3O2S. The molecule has 0 aromatic carbocycles. The van der Waals surface area contributed by atoms with Gasteiger partial charge in [-0.1, -0.05) is 6.07 Å². The van der Waals surface area contributed by atoms with Gasteiger partial charge >= 0.3 is 0 Å². The number of likely N-dealkylation sites (tertiary alicyclic amines) is 1. The highest BCUT2D eigenvalue weighted by Gasteiger charge is 2.43. The number of rotatable bonds is 5. The van der Waals surface area contributed by atoms with Crippen molar-refractivity contribution in [3.63, 3.8) is 0 Å². The Kier molecular flexibility index (Phi) is 5.12. The molecule has 0 aliphatic carbocycles. The SMILES string of the molecule is Cc1nc(CO[C@H]2CO[C@@]3(CCCN(Cc4cccnc4)C3)C2)cs1. The number of piperidine rings is 1. The first-order valence-corrected chi connectivity index (χ1v) is 9.87.